The number of hydrogen-bond acceptors (Lipinski definition) is 3. The number of nitrogens with zero attached hydrogens (tertiary/aromatic N) is 2. The Morgan fingerprint density at radius 1 is 1.42 bits per heavy atom. The molecule has 0 aliphatic heterocycles. The van der Waals surface area contributed by atoms with E-state index in [0.29, 0.717) is 21.6 Å². The van der Waals surface area contributed by atoms with Gasteiger partial charge in [-0.2, -0.15) is 0 Å². The summed E-state index contributed by atoms with van der Waals surface area (Å²) in [7, 11) is 0. The Morgan fingerprint density at radius 3 is 2.89 bits per heavy atom. The van der Waals surface area contributed by atoms with Gasteiger partial charge in [-0.3, -0.25) is 9.98 Å². The van der Waals surface area contributed by atoms with E-state index in [0.717, 1.165) is 11.3 Å². The molecule has 2 aromatic rings. The normalized spacial score (nSPS) is 11.1. The molecule has 0 aliphatic carbocycles. The van der Waals surface area contributed by atoms with E-state index in [1.807, 2.05) is 19.1 Å². The van der Waals surface area contributed by atoms with Crippen molar-refractivity contribution in [1.29, 1.82) is 0 Å². The quantitative estimate of drug-likeness (QED) is 0.855. The number of benzene rings is 1. The van der Waals surface area contributed by atoms with Gasteiger partial charge >= 0.3 is 0 Å². The van der Waals surface area contributed by atoms with Crippen LogP contribution in [0.4, 0.5) is 0 Å². The second-order valence-electron chi connectivity index (χ2n) is 4.12. The van der Waals surface area contributed by atoms with Crippen molar-refractivity contribution in [2.24, 2.45) is 4.99 Å². The number of halogens is 2. The van der Waals surface area contributed by atoms with E-state index in [1.54, 1.807) is 24.5 Å². The van der Waals surface area contributed by atoms with Gasteiger partial charge in [0, 0.05) is 23.0 Å². The first-order chi connectivity index (χ1) is 9.06. The number of pyridine rings is 1. The summed E-state index contributed by atoms with van der Waals surface area (Å²) >= 11 is 9.15. The summed E-state index contributed by atoms with van der Waals surface area (Å²) in [6.07, 6.45) is 3.39. The van der Waals surface area contributed by atoms with E-state index in [1.165, 1.54) is 0 Å². The maximum atomic E-state index is 9.84. The average molecular weight is 340 g/mol. The molecule has 0 bridgehead atoms. The molecular formula is C14H12BrClN2O. The SMILES string of the molecule is Cc1ccc(CN=Cc2cc(Cl)cc(Br)c2O)nc1. The van der Waals surface area contributed by atoms with E-state index in [-0.39, 0.29) is 5.75 Å². The molecule has 2 rings (SSSR count). The molecule has 0 atom stereocenters. The molecule has 1 heterocycles. The Kier molecular flexibility index (Phi) is 4.56. The highest BCUT2D eigenvalue weighted by Gasteiger charge is 2.05. The number of phenolic OH excluding ortho intramolecular Hbond substituents is 1. The monoisotopic (exact) mass is 338 g/mol. The minimum absolute atomic E-state index is 0.130. The number of aryl methyl sites for hydroxylation is 1. The van der Waals surface area contributed by atoms with Crippen molar-refractivity contribution in [1.82, 2.24) is 4.98 Å². The van der Waals surface area contributed by atoms with Crippen LogP contribution < -0.4 is 0 Å². The van der Waals surface area contributed by atoms with Gasteiger partial charge in [0.15, 0.2) is 0 Å². The molecule has 0 radical (unpaired) electrons. The lowest BCUT2D eigenvalue weighted by atomic mass is 10.2. The fourth-order valence-electron chi connectivity index (χ4n) is 1.51. The van der Waals surface area contributed by atoms with Gasteiger partial charge in [0.05, 0.1) is 16.7 Å². The van der Waals surface area contributed by atoms with Crippen LogP contribution in [-0.2, 0) is 6.54 Å². The van der Waals surface area contributed by atoms with E-state index < -0.39 is 0 Å². The van der Waals surface area contributed by atoms with Crippen LogP contribution in [0.25, 0.3) is 0 Å². The highest BCUT2D eigenvalue weighted by atomic mass is 79.9. The second-order valence-corrected chi connectivity index (χ2v) is 5.41. The van der Waals surface area contributed by atoms with Crippen molar-refractivity contribution in [2.45, 2.75) is 13.5 Å². The number of aliphatic imine (C=N–C) groups is 1. The Morgan fingerprint density at radius 2 is 2.21 bits per heavy atom. The van der Waals surface area contributed by atoms with Gasteiger partial charge < -0.3 is 5.11 Å². The number of hydrogen-bond donors (Lipinski definition) is 1. The summed E-state index contributed by atoms with van der Waals surface area (Å²) < 4.78 is 0.551. The van der Waals surface area contributed by atoms with Gasteiger partial charge in [-0.15, -0.1) is 0 Å². The molecule has 5 heteroatoms. The Balaban J connectivity index is 2.13. The second kappa shape index (κ2) is 6.17. The third-order valence-corrected chi connectivity index (χ3v) is 3.34. The topological polar surface area (TPSA) is 45.5 Å². The van der Waals surface area contributed by atoms with Crippen molar-refractivity contribution in [3.05, 3.63) is 56.8 Å². The smallest absolute Gasteiger partial charge is 0.138 e. The summed E-state index contributed by atoms with van der Waals surface area (Å²) in [6, 6.07) is 7.22. The standard InChI is InChI=1S/C14H12BrClN2O/c1-9-2-3-12(18-6-9)8-17-7-10-4-11(16)5-13(15)14(10)19/h2-7,19H,8H2,1H3. The van der Waals surface area contributed by atoms with Crippen LogP contribution in [0.2, 0.25) is 5.02 Å². The molecule has 3 nitrogen and oxygen atoms in total. The van der Waals surface area contributed by atoms with Gasteiger partial charge in [-0.25, -0.2) is 0 Å². The minimum Gasteiger partial charge on any atom is -0.506 e. The number of aromatic nitrogens is 1. The van der Waals surface area contributed by atoms with Gasteiger partial charge in [0.25, 0.3) is 0 Å². The van der Waals surface area contributed by atoms with Crippen LogP contribution in [0.1, 0.15) is 16.8 Å². The number of aromatic hydroxyl groups is 1. The first kappa shape index (κ1) is 14.0. The highest BCUT2D eigenvalue weighted by Crippen LogP contribution is 2.30. The lowest BCUT2D eigenvalue weighted by Crippen LogP contribution is -1.90. The van der Waals surface area contributed by atoms with Crippen LogP contribution in [0.15, 0.2) is 39.9 Å². The van der Waals surface area contributed by atoms with Crippen LogP contribution in [0.5, 0.6) is 5.75 Å². The minimum atomic E-state index is 0.130. The van der Waals surface area contributed by atoms with E-state index in [4.69, 9.17) is 11.6 Å². The molecule has 0 fully saturated rings. The summed E-state index contributed by atoms with van der Waals surface area (Å²) in [6.45, 7) is 2.45. The maximum Gasteiger partial charge on any atom is 0.138 e. The van der Waals surface area contributed by atoms with Crippen LogP contribution in [0.3, 0.4) is 0 Å². The van der Waals surface area contributed by atoms with Crippen molar-refractivity contribution >= 4 is 33.7 Å². The lowest BCUT2D eigenvalue weighted by molar-refractivity contribution is 0.471. The molecule has 0 saturated carbocycles. The summed E-state index contributed by atoms with van der Waals surface area (Å²) in [5, 5.41) is 10.4. The Labute approximate surface area is 125 Å². The van der Waals surface area contributed by atoms with Gasteiger partial charge in [-0.05, 0) is 46.6 Å². The van der Waals surface area contributed by atoms with Crippen LogP contribution in [0, 0.1) is 6.92 Å². The predicted octanol–water partition coefficient (Wildman–Crippen LogP) is 4.13. The predicted molar refractivity (Wildman–Crippen MR) is 81.1 cm³/mol. The fourth-order valence-corrected chi connectivity index (χ4v) is 2.35. The fraction of sp³-hybridized carbons (Fsp3) is 0.143. The summed E-state index contributed by atoms with van der Waals surface area (Å²) in [4.78, 5) is 8.51. The van der Waals surface area contributed by atoms with E-state index in [2.05, 4.69) is 25.9 Å². The molecule has 1 aromatic heterocycles. The molecule has 19 heavy (non-hydrogen) atoms. The molecular weight excluding hydrogens is 328 g/mol. The van der Waals surface area contributed by atoms with Crippen molar-refractivity contribution in [2.75, 3.05) is 0 Å². The Hall–Kier alpha value is -1.39. The Bertz CT molecular complexity index is 612. The van der Waals surface area contributed by atoms with Gasteiger partial charge in [0.2, 0.25) is 0 Å². The zero-order valence-electron chi connectivity index (χ0n) is 10.3. The van der Waals surface area contributed by atoms with E-state index >= 15 is 0 Å². The summed E-state index contributed by atoms with van der Waals surface area (Å²) in [5.74, 6) is 0.130. The first-order valence-electron chi connectivity index (χ1n) is 5.65. The number of phenols is 1. The molecule has 0 aliphatic rings. The van der Waals surface area contributed by atoms with Crippen LogP contribution in [-0.4, -0.2) is 16.3 Å². The van der Waals surface area contributed by atoms with Crippen LogP contribution >= 0.6 is 27.5 Å². The maximum absolute atomic E-state index is 9.84. The molecule has 0 amide bonds. The third-order valence-electron chi connectivity index (χ3n) is 2.51. The summed E-state index contributed by atoms with van der Waals surface area (Å²) in [5.41, 5.74) is 2.57. The molecule has 0 unspecified atom stereocenters. The molecule has 98 valence electrons. The largest absolute Gasteiger partial charge is 0.506 e. The number of rotatable bonds is 3. The molecule has 1 N–H and O–H groups in total. The van der Waals surface area contributed by atoms with Gasteiger partial charge in [0.1, 0.15) is 5.75 Å². The average Bonchev–Trinajstić information content (AvgIpc) is 2.37. The van der Waals surface area contributed by atoms with Crippen molar-refractivity contribution in [3.8, 4) is 5.75 Å². The third kappa shape index (κ3) is 3.78. The van der Waals surface area contributed by atoms with Crippen molar-refractivity contribution in [3.63, 3.8) is 0 Å². The molecule has 1 aromatic carbocycles. The van der Waals surface area contributed by atoms with Gasteiger partial charge in [-0.1, -0.05) is 17.7 Å². The zero-order chi connectivity index (χ0) is 13.8. The molecule has 0 spiro atoms. The van der Waals surface area contributed by atoms with E-state index in [9.17, 15) is 5.11 Å². The first-order valence-corrected chi connectivity index (χ1v) is 6.83. The van der Waals surface area contributed by atoms with Crippen molar-refractivity contribution < 1.29 is 5.11 Å². The molecule has 0 saturated heterocycles. The lowest BCUT2D eigenvalue weighted by Gasteiger charge is -2.02. The highest BCUT2D eigenvalue weighted by molar-refractivity contribution is 9.10. The zero-order valence-corrected chi connectivity index (χ0v) is 12.6.